The van der Waals surface area contributed by atoms with Crippen LogP contribution in [0.2, 0.25) is 5.02 Å². The number of nitro groups is 1. The number of hydrogen-bond acceptors (Lipinski definition) is 6. The Balaban J connectivity index is 1.41. The van der Waals surface area contributed by atoms with E-state index in [9.17, 15) is 14.9 Å². The summed E-state index contributed by atoms with van der Waals surface area (Å²) < 4.78 is 5.33. The number of morpholine rings is 1. The molecule has 10 heteroatoms. The van der Waals surface area contributed by atoms with Crippen molar-refractivity contribution in [2.45, 2.75) is 0 Å². The summed E-state index contributed by atoms with van der Waals surface area (Å²) in [5.41, 5.74) is 3.33. The van der Waals surface area contributed by atoms with E-state index in [2.05, 4.69) is 15.3 Å². The van der Waals surface area contributed by atoms with Gasteiger partial charge in [0.05, 0.1) is 34.2 Å². The average Bonchev–Trinajstić information content (AvgIpc) is 3.29. The average molecular weight is 478 g/mol. The number of rotatable bonds is 5. The van der Waals surface area contributed by atoms with Crippen molar-refractivity contribution >= 4 is 45.6 Å². The van der Waals surface area contributed by atoms with Crippen molar-refractivity contribution in [3.8, 4) is 11.4 Å². The predicted molar refractivity (Wildman–Crippen MR) is 131 cm³/mol. The Labute approximate surface area is 199 Å². The van der Waals surface area contributed by atoms with E-state index in [-0.39, 0.29) is 11.3 Å². The summed E-state index contributed by atoms with van der Waals surface area (Å²) in [5.74, 6) is 0.113. The second-order valence-electron chi connectivity index (χ2n) is 7.81. The van der Waals surface area contributed by atoms with Gasteiger partial charge in [0.15, 0.2) is 0 Å². The Morgan fingerprint density at radius 3 is 2.68 bits per heavy atom. The van der Waals surface area contributed by atoms with Crippen LogP contribution in [-0.4, -0.2) is 47.1 Å². The largest absolute Gasteiger partial charge is 0.378 e. The van der Waals surface area contributed by atoms with Crippen LogP contribution in [-0.2, 0) is 4.74 Å². The quantitative estimate of drug-likeness (QED) is 0.313. The number of aromatic amines is 1. The molecule has 1 aromatic heterocycles. The zero-order chi connectivity index (χ0) is 23.7. The van der Waals surface area contributed by atoms with Crippen molar-refractivity contribution in [1.29, 1.82) is 0 Å². The Hall–Kier alpha value is -3.95. The van der Waals surface area contributed by atoms with Crippen molar-refractivity contribution in [2.75, 3.05) is 36.5 Å². The zero-order valence-electron chi connectivity index (χ0n) is 18.0. The highest BCUT2D eigenvalue weighted by molar-refractivity contribution is 6.33. The number of ether oxygens (including phenoxy) is 1. The maximum absolute atomic E-state index is 12.9. The number of halogens is 1. The van der Waals surface area contributed by atoms with Crippen LogP contribution in [0.1, 0.15) is 10.4 Å². The van der Waals surface area contributed by atoms with Gasteiger partial charge in [0.1, 0.15) is 11.5 Å². The SMILES string of the molecule is O=C(Nc1ccc(Cl)c(-c2nc3ccccc3[nH]2)c1)c1ccc(N2CCOCC2)c([N+](=O)[O-])c1. The number of aromatic nitrogens is 2. The lowest BCUT2D eigenvalue weighted by Gasteiger charge is -2.28. The fourth-order valence-corrected chi connectivity index (χ4v) is 4.16. The van der Waals surface area contributed by atoms with E-state index in [1.807, 2.05) is 29.2 Å². The third-order valence-corrected chi connectivity index (χ3v) is 5.98. The molecule has 0 atom stereocenters. The van der Waals surface area contributed by atoms with Crippen molar-refractivity contribution in [1.82, 2.24) is 9.97 Å². The van der Waals surface area contributed by atoms with Gasteiger partial charge in [-0.2, -0.15) is 0 Å². The van der Waals surface area contributed by atoms with Gasteiger partial charge in [-0.15, -0.1) is 0 Å². The third-order valence-electron chi connectivity index (χ3n) is 5.65. The number of fused-ring (bicyclic) bond motifs is 1. The van der Waals surface area contributed by atoms with Gasteiger partial charge < -0.3 is 19.9 Å². The molecule has 172 valence electrons. The van der Waals surface area contributed by atoms with E-state index in [1.165, 1.54) is 6.07 Å². The monoisotopic (exact) mass is 477 g/mol. The second kappa shape index (κ2) is 9.12. The molecule has 0 bridgehead atoms. The van der Waals surface area contributed by atoms with Crippen LogP contribution in [0.5, 0.6) is 0 Å². The first-order valence-electron chi connectivity index (χ1n) is 10.7. The van der Waals surface area contributed by atoms with E-state index in [4.69, 9.17) is 16.3 Å². The van der Waals surface area contributed by atoms with E-state index in [1.54, 1.807) is 30.3 Å². The lowest BCUT2D eigenvalue weighted by atomic mass is 10.1. The summed E-state index contributed by atoms with van der Waals surface area (Å²) in [6, 6.07) is 17.2. The minimum atomic E-state index is -0.469. The maximum Gasteiger partial charge on any atom is 0.293 e. The summed E-state index contributed by atoms with van der Waals surface area (Å²) in [4.78, 5) is 33.8. The molecule has 3 aromatic carbocycles. The van der Waals surface area contributed by atoms with Gasteiger partial charge in [-0.3, -0.25) is 14.9 Å². The molecular weight excluding hydrogens is 458 g/mol. The van der Waals surface area contributed by atoms with Crippen LogP contribution in [0.3, 0.4) is 0 Å². The second-order valence-corrected chi connectivity index (χ2v) is 8.22. The molecule has 2 N–H and O–H groups in total. The summed E-state index contributed by atoms with van der Waals surface area (Å²) >= 11 is 6.40. The van der Waals surface area contributed by atoms with E-state index in [0.29, 0.717) is 54.1 Å². The van der Waals surface area contributed by atoms with Gasteiger partial charge in [0.25, 0.3) is 11.6 Å². The van der Waals surface area contributed by atoms with Crippen molar-refractivity contribution < 1.29 is 14.5 Å². The van der Waals surface area contributed by atoms with Crippen LogP contribution in [0, 0.1) is 10.1 Å². The molecule has 34 heavy (non-hydrogen) atoms. The first-order chi connectivity index (χ1) is 16.5. The first kappa shape index (κ1) is 21.9. The van der Waals surface area contributed by atoms with Gasteiger partial charge in [0, 0.05) is 36.0 Å². The van der Waals surface area contributed by atoms with Crippen LogP contribution in [0.4, 0.5) is 17.1 Å². The normalized spacial score (nSPS) is 13.7. The number of para-hydroxylation sites is 2. The molecule has 2 heterocycles. The van der Waals surface area contributed by atoms with Gasteiger partial charge in [-0.05, 0) is 42.5 Å². The summed E-state index contributed by atoms with van der Waals surface area (Å²) in [6.07, 6.45) is 0. The van der Waals surface area contributed by atoms with Crippen molar-refractivity contribution in [3.63, 3.8) is 0 Å². The molecule has 4 aromatic rings. The molecule has 0 saturated carbocycles. The molecule has 1 amide bonds. The number of carbonyl (C=O) groups is 1. The van der Waals surface area contributed by atoms with Crippen molar-refractivity contribution in [3.05, 3.63) is 81.4 Å². The number of benzene rings is 3. The molecule has 1 fully saturated rings. The molecule has 0 aliphatic carbocycles. The number of imidazole rings is 1. The molecule has 0 unspecified atom stereocenters. The number of nitro benzene ring substituents is 1. The predicted octanol–water partition coefficient (Wildman–Crippen LogP) is 4.88. The third kappa shape index (κ3) is 4.30. The number of anilines is 2. The molecular formula is C24H20ClN5O4. The molecule has 0 radical (unpaired) electrons. The summed E-state index contributed by atoms with van der Waals surface area (Å²) in [7, 11) is 0. The molecule has 1 saturated heterocycles. The van der Waals surface area contributed by atoms with Gasteiger partial charge in [-0.25, -0.2) is 4.98 Å². The summed E-state index contributed by atoms with van der Waals surface area (Å²) in [5, 5.41) is 15.0. The minimum absolute atomic E-state index is 0.117. The fraction of sp³-hybridized carbons (Fsp3) is 0.167. The van der Waals surface area contributed by atoms with Crippen LogP contribution in [0.25, 0.3) is 22.4 Å². The number of H-pyrrole nitrogens is 1. The van der Waals surface area contributed by atoms with Crippen molar-refractivity contribution in [2.24, 2.45) is 0 Å². The Bertz CT molecular complexity index is 1360. The van der Waals surface area contributed by atoms with Crippen LogP contribution in [0.15, 0.2) is 60.7 Å². The molecule has 5 rings (SSSR count). The Morgan fingerprint density at radius 2 is 1.91 bits per heavy atom. The highest BCUT2D eigenvalue weighted by Crippen LogP contribution is 2.32. The molecule has 1 aliphatic rings. The number of carbonyl (C=O) groups excluding carboxylic acids is 1. The Morgan fingerprint density at radius 1 is 1.12 bits per heavy atom. The van der Waals surface area contributed by atoms with Gasteiger partial charge >= 0.3 is 0 Å². The fourth-order valence-electron chi connectivity index (χ4n) is 3.95. The van der Waals surface area contributed by atoms with E-state index >= 15 is 0 Å². The van der Waals surface area contributed by atoms with Crippen LogP contribution < -0.4 is 10.2 Å². The first-order valence-corrected chi connectivity index (χ1v) is 11.0. The van der Waals surface area contributed by atoms with E-state index in [0.717, 1.165) is 11.0 Å². The number of nitrogens with one attached hydrogen (secondary N) is 2. The standard InChI is InChI=1S/C24H20ClN5O4/c25-18-7-6-16(14-17(18)23-27-19-3-1-2-4-20(19)28-23)26-24(31)15-5-8-21(22(13-15)30(32)33)29-9-11-34-12-10-29/h1-8,13-14H,9-12H2,(H,26,31)(H,27,28). The zero-order valence-corrected chi connectivity index (χ0v) is 18.7. The Kier molecular flexibility index (Phi) is 5.87. The smallest absolute Gasteiger partial charge is 0.293 e. The lowest BCUT2D eigenvalue weighted by Crippen LogP contribution is -2.36. The van der Waals surface area contributed by atoms with Gasteiger partial charge in [-0.1, -0.05) is 23.7 Å². The maximum atomic E-state index is 12.9. The highest BCUT2D eigenvalue weighted by Gasteiger charge is 2.23. The lowest BCUT2D eigenvalue weighted by molar-refractivity contribution is -0.384. The molecule has 1 aliphatic heterocycles. The highest BCUT2D eigenvalue weighted by atomic mass is 35.5. The molecule has 9 nitrogen and oxygen atoms in total. The van der Waals surface area contributed by atoms with E-state index < -0.39 is 10.8 Å². The van der Waals surface area contributed by atoms with Crippen LogP contribution >= 0.6 is 11.6 Å². The topological polar surface area (TPSA) is 113 Å². The van der Waals surface area contributed by atoms with Gasteiger partial charge in [0.2, 0.25) is 0 Å². The number of nitrogens with zero attached hydrogens (tertiary/aromatic N) is 3. The summed E-state index contributed by atoms with van der Waals surface area (Å²) in [6.45, 7) is 2.12. The number of hydrogen-bond donors (Lipinski definition) is 2. The minimum Gasteiger partial charge on any atom is -0.378 e. The molecule has 0 spiro atoms. The number of amides is 1.